The minimum absolute atomic E-state index is 0.433. The molecule has 0 bridgehead atoms. The van der Waals surface area contributed by atoms with Crippen LogP contribution in [0.15, 0.2) is 36.7 Å². The fraction of sp³-hybridized carbons (Fsp3) is 0.286. The molecular weight excluding hydrogens is 256 g/mol. The van der Waals surface area contributed by atoms with E-state index in [9.17, 15) is 0 Å². The summed E-state index contributed by atoms with van der Waals surface area (Å²) in [6.07, 6.45) is 4.70. The summed E-state index contributed by atoms with van der Waals surface area (Å²) in [5.74, 6) is 1.09. The molecule has 19 heavy (non-hydrogen) atoms. The number of hydrogen-bond acceptors (Lipinski definition) is 3. The number of rotatable bonds is 5. The van der Waals surface area contributed by atoms with Crippen LogP contribution in [0.5, 0.6) is 0 Å². The first-order chi connectivity index (χ1) is 9.08. The number of aromatic nitrogens is 2. The lowest BCUT2D eigenvalue weighted by atomic mass is 10.2. The van der Waals surface area contributed by atoms with Gasteiger partial charge in [0.25, 0.3) is 0 Å². The summed E-state index contributed by atoms with van der Waals surface area (Å²) in [6, 6.07) is 7.98. The van der Waals surface area contributed by atoms with E-state index in [1.807, 2.05) is 48.3 Å². The molecule has 0 saturated heterocycles. The molecule has 0 fully saturated rings. The van der Waals surface area contributed by atoms with Gasteiger partial charge in [0.15, 0.2) is 0 Å². The predicted molar refractivity (Wildman–Crippen MR) is 82.5 cm³/mol. The van der Waals surface area contributed by atoms with E-state index in [1.54, 1.807) is 0 Å². The van der Waals surface area contributed by atoms with Crippen LogP contribution in [0.3, 0.4) is 0 Å². The molecule has 0 radical (unpaired) electrons. The molecule has 0 spiro atoms. The molecule has 1 aromatic heterocycles. The summed E-state index contributed by atoms with van der Waals surface area (Å²) in [7, 11) is 4.08. The SMILES string of the molecule is CN(CCc1nccn1C)c1ccc(C(N)=S)cc1. The third-order valence-electron chi connectivity index (χ3n) is 3.18. The molecule has 5 heteroatoms. The molecule has 0 saturated carbocycles. The Kier molecular flexibility index (Phi) is 4.16. The van der Waals surface area contributed by atoms with Crippen LogP contribution in [0, 0.1) is 0 Å². The fourth-order valence-electron chi connectivity index (χ4n) is 1.91. The van der Waals surface area contributed by atoms with E-state index in [-0.39, 0.29) is 0 Å². The van der Waals surface area contributed by atoms with Crippen molar-refractivity contribution in [3.8, 4) is 0 Å². The Balaban J connectivity index is 1.98. The van der Waals surface area contributed by atoms with Crippen molar-refractivity contribution in [2.75, 3.05) is 18.5 Å². The lowest BCUT2D eigenvalue weighted by Crippen LogP contribution is -2.21. The van der Waals surface area contributed by atoms with Crippen LogP contribution in [0.1, 0.15) is 11.4 Å². The summed E-state index contributed by atoms with van der Waals surface area (Å²) >= 11 is 4.94. The summed E-state index contributed by atoms with van der Waals surface area (Å²) in [6.45, 7) is 0.914. The van der Waals surface area contributed by atoms with Gasteiger partial charge in [-0.1, -0.05) is 12.2 Å². The molecule has 0 aliphatic rings. The van der Waals surface area contributed by atoms with Gasteiger partial charge in [-0.2, -0.15) is 0 Å². The second kappa shape index (κ2) is 5.84. The first-order valence-electron chi connectivity index (χ1n) is 6.15. The highest BCUT2D eigenvalue weighted by molar-refractivity contribution is 7.80. The number of benzene rings is 1. The topological polar surface area (TPSA) is 47.1 Å². The van der Waals surface area contributed by atoms with Crippen molar-refractivity contribution in [1.82, 2.24) is 9.55 Å². The molecule has 0 atom stereocenters. The normalized spacial score (nSPS) is 10.4. The minimum Gasteiger partial charge on any atom is -0.389 e. The Morgan fingerprint density at radius 1 is 1.37 bits per heavy atom. The maximum absolute atomic E-state index is 5.59. The molecule has 1 aromatic carbocycles. The average molecular weight is 274 g/mol. The monoisotopic (exact) mass is 274 g/mol. The van der Waals surface area contributed by atoms with Crippen molar-refractivity contribution in [2.45, 2.75) is 6.42 Å². The summed E-state index contributed by atoms with van der Waals surface area (Å²) in [5, 5.41) is 0. The zero-order valence-corrected chi connectivity index (χ0v) is 12.0. The number of thiocarbonyl (C=S) groups is 1. The predicted octanol–water partition coefficient (Wildman–Crippen LogP) is 1.73. The second-order valence-electron chi connectivity index (χ2n) is 4.54. The molecule has 0 aliphatic carbocycles. The molecule has 0 amide bonds. The van der Waals surface area contributed by atoms with Crippen molar-refractivity contribution < 1.29 is 0 Å². The van der Waals surface area contributed by atoms with Gasteiger partial charge in [-0.05, 0) is 24.3 Å². The van der Waals surface area contributed by atoms with E-state index in [2.05, 4.69) is 16.9 Å². The number of anilines is 1. The van der Waals surface area contributed by atoms with E-state index >= 15 is 0 Å². The minimum atomic E-state index is 0.433. The van der Waals surface area contributed by atoms with Gasteiger partial charge in [-0.25, -0.2) is 4.98 Å². The highest BCUT2D eigenvalue weighted by Gasteiger charge is 2.04. The van der Waals surface area contributed by atoms with Gasteiger partial charge in [-0.3, -0.25) is 0 Å². The van der Waals surface area contributed by atoms with Crippen molar-refractivity contribution in [3.05, 3.63) is 48.0 Å². The quantitative estimate of drug-likeness (QED) is 0.844. The van der Waals surface area contributed by atoms with Gasteiger partial charge in [0.1, 0.15) is 10.8 Å². The van der Waals surface area contributed by atoms with E-state index in [4.69, 9.17) is 18.0 Å². The fourth-order valence-corrected chi connectivity index (χ4v) is 2.05. The number of aryl methyl sites for hydroxylation is 1. The van der Waals surface area contributed by atoms with Gasteiger partial charge in [0.05, 0.1) is 0 Å². The zero-order valence-electron chi connectivity index (χ0n) is 11.2. The van der Waals surface area contributed by atoms with Crippen molar-refractivity contribution >= 4 is 22.9 Å². The van der Waals surface area contributed by atoms with Crippen LogP contribution in [-0.4, -0.2) is 28.1 Å². The molecule has 2 aromatic rings. The summed E-state index contributed by atoms with van der Waals surface area (Å²) in [5.41, 5.74) is 7.63. The van der Waals surface area contributed by atoms with Crippen LogP contribution < -0.4 is 10.6 Å². The molecule has 0 aliphatic heterocycles. The van der Waals surface area contributed by atoms with Gasteiger partial charge in [0.2, 0.25) is 0 Å². The number of likely N-dealkylation sites (N-methyl/N-ethyl adjacent to an activating group) is 1. The Morgan fingerprint density at radius 2 is 2.05 bits per heavy atom. The lowest BCUT2D eigenvalue weighted by Gasteiger charge is -2.19. The first kappa shape index (κ1) is 13.5. The standard InChI is InChI=1S/C14H18N4S/c1-17(9-7-13-16-8-10-18(13)2)12-5-3-11(4-6-12)14(15)19/h3-6,8,10H,7,9H2,1-2H3,(H2,15,19). The van der Waals surface area contributed by atoms with Crippen LogP contribution in [0.2, 0.25) is 0 Å². The Labute approximate surface area is 118 Å². The average Bonchev–Trinajstić information content (AvgIpc) is 2.81. The van der Waals surface area contributed by atoms with E-state index < -0.39 is 0 Å². The van der Waals surface area contributed by atoms with Crippen LogP contribution in [0.25, 0.3) is 0 Å². The summed E-state index contributed by atoms with van der Waals surface area (Å²) in [4.78, 5) is 6.95. The van der Waals surface area contributed by atoms with Gasteiger partial charge >= 0.3 is 0 Å². The molecule has 0 unspecified atom stereocenters. The number of imidazole rings is 1. The second-order valence-corrected chi connectivity index (χ2v) is 4.98. The Morgan fingerprint density at radius 3 is 2.58 bits per heavy atom. The van der Waals surface area contributed by atoms with Crippen molar-refractivity contribution in [2.24, 2.45) is 12.8 Å². The zero-order chi connectivity index (χ0) is 13.8. The van der Waals surface area contributed by atoms with Gasteiger partial charge < -0.3 is 15.2 Å². The van der Waals surface area contributed by atoms with Gasteiger partial charge in [0, 0.05) is 50.7 Å². The largest absolute Gasteiger partial charge is 0.389 e. The smallest absolute Gasteiger partial charge is 0.110 e. The van der Waals surface area contributed by atoms with Crippen LogP contribution >= 0.6 is 12.2 Å². The highest BCUT2D eigenvalue weighted by atomic mass is 32.1. The van der Waals surface area contributed by atoms with E-state index in [0.29, 0.717) is 4.99 Å². The van der Waals surface area contributed by atoms with Gasteiger partial charge in [-0.15, -0.1) is 0 Å². The van der Waals surface area contributed by atoms with Crippen LogP contribution in [0.4, 0.5) is 5.69 Å². The third kappa shape index (κ3) is 3.32. The maximum Gasteiger partial charge on any atom is 0.110 e. The Hall–Kier alpha value is -1.88. The molecule has 1 heterocycles. The van der Waals surface area contributed by atoms with E-state index in [1.165, 1.54) is 0 Å². The van der Waals surface area contributed by atoms with E-state index in [0.717, 1.165) is 30.0 Å². The molecular formula is C14H18N4S. The Bertz CT molecular complexity index is 559. The van der Waals surface area contributed by atoms with Crippen LogP contribution in [-0.2, 0) is 13.5 Å². The molecule has 4 nitrogen and oxygen atoms in total. The first-order valence-corrected chi connectivity index (χ1v) is 6.56. The molecule has 100 valence electrons. The highest BCUT2D eigenvalue weighted by Crippen LogP contribution is 2.14. The third-order valence-corrected chi connectivity index (χ3v) is 3.42. The molecule has 2 N–H and O–H groups in total. The number of hydrogen-bond donors (Lipinski definition) is 1. The van der Waals surface area contributed by atoms with Crippen molar-refractivity contribution in [3.63, 3.8) is 0 Å². The lowest BCUT2D eigenvalue weighted by molar-refractivity contribution is 0.757. The molecule has 2 rings (SSSR count). The summed E-state index contributed by atoms with van der Waals surface area (Å²) < 4.78 is 2.05. The number of nitrogens with two attached hydrogens (primary N) is 1. The van der Waals surface area contributed by atoms with Crippen molar-refractivity contribution in [1.29, 1.82) is 0 Å². The maximum atomic E-state index is 5.59. The number of nitrogens with zero attached hydrogens (tertiary/aromatic N) is 3.